The van der Waals surface area contributed by atoms with Crippen LogP contribution in [0.2, 0.25) is 0 Å². The number of ether oxygens (including phenoxy) is 1. The monoisotopic (exact) mass is 166 g/mol. The van der Waals surface area contributed by atoms with Crippen molar-refractivity contribution < 1.29 is 13.2 Å². The molecular weight excluding hydrogens is 164 g/mol. The Balaban J connectivity index is 3.05. The van der Waals surface area contributed by atoms with Crippen LogP contribution >= 0.6 is 11.6 Å². The Morgan fingerprint density at radius 1 is 1.67 bits per heavy atom. The van der Waals surface area contributed by atoms with Gasteiger partial charge >= 0.3 is 0 Å². The van der Waals surface area contributed by atoms with Crippen molar-refractivity contribution in [1.29, 1.82) is 0 Å². The maximum atomic E-state index is 10.1. The minimum absolute atomic E-state index is 0.128. The van der Waals surface area contributed by atoms with Gasteiger partial charge in [0, 0.05) is 0 Å². The average molecular weight is 167 g/mol. The maximum Gasteiger partial charge on any atom is 0.255 e. The first-order valence-electron chi connectivity index (χ1n) is 2.15. The van der Waals surface area contributed by atoms with Crippen LogP contribution in [0.25, 0.3) is 0 Å². The lowest BCUT2D eigenvalue weighted by Crippen LogP contribution is -2.08. The van der Waals surface area contributed by atoms with E-state index in [1.807, 2.05) is 0 Å². The van der Waals surface area contributed by atoms with Crippen LogP contribution in [-0.2, 0) is 15.0 Å². The Bertz CT molecular complexity index is 256. The summed E-state index contributed by atoms with van der Waals surface area (Å²) < 4.78 is 24.8. The second-order valence-electron chi connectivity index (χ2n) is 1.40. The summed E-state index contributed by atoms with van der Waals surface area (Å²) in [6.07, 6.45) is 2.70. The van der Waals surface area contributed by atoms with E-state index in [0.717, 1.165) is 0 Å². The van der Waals surface area contributed by atoms with Crippen LogP contribution in [0.4, 0.5) is 0 Å². The van der Waals surface area contributed by atoms with Crippen LogP contribution in [-0.4, -0.2) is 18.8 Å². The molecule has 0 saturated carbocycles. The van der Waals surface area contributed by atoms with Crippen molar-refractivity contribution in [2.24, 2.45) is 0 Å². The lowest BCUT2D eigenvalue weighted by Gasteiger charge is -1.91. The summed E-state index contributed by atoms with van der Waals surface area (Å²) >= 11 is 5.43. The van der Waals surface area contributed by atoms with E-state index in [-0.39, 0.29) is 5.05 Å². The normalized spacial score (nSPS) is 24.1. The molecule has 0 aliphatic carbocycles. The van der Waals surface area contributed by atoms with Crippen molar-refractivity contribution in [3.63, 3.8) is 0 Å². The van der Waals surface area contributed by atoms with Crippen molar-refractivity contribution >= 4 is 26.9 Å². The van der Waals surface area contributed by atoms with Crippen LogP contribution in [0.15, 0.2) is 12.3 Å². The highest BCUT2D eigenvalue weighted by Gasteiger charge is 2.17. The second kappa shape index (κ2) is 2.41. The number of halogens is 1. The van der Waals surface area contributed by atoms with E-state index in [1.54, 1.807) is 0 Å². The quantitative estimate of drug-likeness (QED) is 0.380. The first-order chi connectivity index (χ1) is 4.22. The van der Waals surface area contributed by atoms with Gasteiger partial charge in [0.05, 0.1) is 6.26 Å². The minimum Gasteiger partial charge on any atom is -0.452 e. The molecule has 1 heterocycles. The average Bonchev–Trinajstić information content (AvgIpc) is 2.13. The van der Waals surface area contributed by atoms with E-state index in [1.165, 1.54) is 12.3 Å². The van der Waals surface area contributed by atoms with Crippen molar-refractivity contribution in [3.05, 3.63) is 12.3 Å². The molecule has 1 aliphatic rings. The maximum absolute atomic E-state index is 10.1. The molecule has 0 aromatic rings. The van der Waals surface area contributed by atoms with Crippen LogP contribution in [0.5, 0.6) is 0 Å². The zero-order valence-corrected chi connectivity index (χ0v) is 5.82. The second-order valence-corrected chi connectivity index (χ2v) is 2.74. The predicted molar refractivity (Wildman–Crippen MR) is 33.8 cm³/mol. The molecule has 0 radical (unpaired) electrons. The molecule has 3 nitrogen and oxygen atoms in total. The highest BCUT2D eigenvalue weighted by atomic mass is 35.5. The van der Waals surface area contributed by atoms with E-state index in [0.29, 0.717) is 0 Å². The minimum atomic E-state index is -2.32. The van der Waals surface area contributed by atoms with Gasteiger partial charge in [0.1, 0.15) is 5.38 Å². The zero-order chi connectivity index (χ0) is 6.85. The van der Waals surface area contributed by atoms with Gasteiger partial charge in [-0.25, -0.2) is 0 Å². The molecule has 0 saturated heterocycles. The Morgan fingerprint density at radius 2 is 2.33 bits per heavy atom. The molecule has 1 unspecified atom stereocenters. The first-order valence-corrected chi connectivity index (χ1v) is 3.66. The summed E-state index contributed by atoms with van der Waals surface area (Å²) in [5.41, 5.74) is 0. The molecule has 1 atom stereocenters. The fourth-order valence-corrected chi connectivity index (χ4v) is 1.18. The molecule has 0 spiro atoms. The molecule has 0 aromatic heterocycles. The van der Waals surface area contributed by atoms with E-state index in [2.05, 4.69) is 4.74 Å². The Kier molecular flexibility index (Phi) is 1.78. The number of rotatable bonds is 0. The summed E-state index contributed by atoms with van der Waals surface area (Å²) in [7, 11) is -2.32. The molecule has 0 amide bonds. The molecule has 0 bridgehead atoms. The molecule has 1 rings (SSSR count). The fourth-order valence-electron chi connectivity index (χ4n) is 0.450. The molecule has 0 aromatic carbocycles. The van der Waals surface area contributed by atoms with E-state index < -0.39 is 15.7 Å². The van der Waals surface area contributed by atoms with Gasteiger partial charge in [-0.2, -0.15) is 8.42 Å². The van der Waals surface area contributed by atoms with Gasteiger partial charge in [-0.15, -0.1) is 11.6 Å². The fraction of sp³-hybridized carbons (Fsp3) is 0.250. The molecular formula is C4H3ClO3S. The molecule has 0 N–H and O–H groups in total. The standard InChI is InChI=1S/C4H3ClO3S/c5-3-1-2-8-4(3)9(6)7/h1-3H. The third-order valence-corrected chi connectivity index (χ3v) is 1.97. The van der Waals surface area contributed by atoms with Crippen LogP contribution in [0, 0.1) is 0 Å². The van der Waals surface area contributed by atoms with Crippen molar-refractivity contribution in [3.8, 4) is 0 Å². The van der Waals surface area contributed by atoms with Crippen LogP contribution < -0.4 is 0 Å². The van der Waals surface area contributed by atoms with Gasteiger partial charge in [0.25, 0.3) is 10.3 Å². The van der Waals surface area contributed by atoms with E-state index >= 15 is 0 Å². The summed E-state index contributed by atoms with van der Waals surface area (Å²) in [6.45, 7) is 0. The largest absolute Gasteiger partial charge is 0.452 e. The first kappa shape index (κ1) is 6.64. The van der Waals surface area contributed by atoms with Gasteiger partial charge in [-0.1, -0.05) is 0 Å². The molecule has 50 valence electrons. The molecule has 5 heteroatoms. The molecule has 1 aliphatic heterocycles. The van der Waals surface area contributed by atoms with Crippen LogP contribution in [0.1, 0.15) is 0 Å². The van der Waals surface area contributed by atoms with Gasteiger partial charge in [-0.3, -0.25) is 0 Å². The lowest BCUT2D eigenvalue weighted by atomic mass is 10.5. The third-order valence-electron chi connectivity index (χ3n) is 0.821. The number of hydrogen-bond acceptors (Lipinski definition) is 3. The SMILES string of the molecule is O=S(=O)=C1OC=CC1Cl. The van der Waals surface area contributed by atoms with Crippen molar-refractivity contribution in [2.45, 2.75) is 5.38 Å². The third kappa shape index (κ3) is 1.25. The Labute approximate surface area is 58.4 Å². The summed E-state index contributed by atoms with van der Waals surface area (Å²) in [6, 6.07) is 0. The van der Waals surface area contributed by atoms with Gasteiger partial charge in [0.15, 0.2) is 0 Å². The Hall–Kier alpha value is -0.480. The zero-order valence-electron chi connectivity index (χ0n) is 4.24. The van der Waals surface area contributed by atoms with Gasteiger partial charge in [-0.05, 0) is 6.08 Å². The van der Waals surface area contributed by atoms with Crippen molar-refractivity contribution in [2.75, 3.05) is 0 Å². The Morgan fingerprint density at radius 3 is 2.56 bits per heavy atom. The van der Waals surface area contributed by atoms with Gasteiger partial charge in [0.2, 0.25) is 5.05 Å². The number of alkyl halides is 1. The van der Waals surface area contributed by atoms with Crippen LogP contribution in [0.3, 0.4) is 0 Å². The van der Waals surface area contributed by atoms with E-state index in [9.17, 15) is 8.42 Å². The topological polar surface area (TPSA) is 43.4 Å². The van der Waals surface area contributed by atoms with Gasteiger partial charge < -0.3 is 4.74 Å². The predicted octanol–water partition coefficient (Wildman–Crippen LogP) is 0.147. The smallest absolute Gasteiger partial charge is 0.255 e. The summed E-state index contributed by atoms with van der Waals surface area (Å²) in [4.78, 5) is 0. The highest BCUT2D eigenvalue weighted by Crippen LogP contribution is 2.08. The number of hydrogen-bond donors (Lipinski definition) is 0. The summed E-state index contributed by atoms with van der Waals surface area (Å²) in [5.74, 6) is 0. The molecule has 9 heavy (non-hydrogen) atoms. The highest BCUT2D eigenvalue weighted by molar-refractivity contribution is 7.73. The summed E-state index contributed by atoms with van der Waals surface area (Å²) in [5, 5.41) is -0.750. The lowest BCUT2D eigenvalue weighted by molar-refractivity contribution is 0.491. The molecule has 0 fully saturated rings. The van der Waals surface area contributed by atoms with Crippen molar-refractivity contribution in [1.82, 2.24) is 0 Å². The van der Waals surface area contributed by atoms with E-state index in [4.69, 9.17) is 11.6 Å².